The van der Waals surface area contributed by atoms with Crippen LogP contribution in [0.15, 0.2) is 65.6 Å². The topological polar surface area (TPSA) is 67.8 Å². The third kappa shape index (κ3) is 3.39. The third-order valence-electron chi connectivity index (χ3n) is 3.78. The van der Waals surface area contributed by atoms with Gasteiger partial charge in [0.05, 0.1) is 22.9 Å². The lowest BCUT2D eigenvalue weighted by Crippen LogP contribution is -2.24. The van der Waals surface area contributed by atoms with Gasteiger partial charge < -0.3 is 5.32 Å². The number of pyridine rings is 1. The Morgan fingerprint density at radius 1 is 1.08 bits per heavy atom. The number of benzene rings is 1. The number of hydrogen-bond donors (Lipinski definition) is 1. The number of nitrogens with one attached hydrogen (secondary N) is 1. The van der Waals surface area contributed by atoms with Crippen LogP contribution in [-0.2, 0) is 6.54 Å². The maximum atomic E-state index is 12.3. The highest BCUT2D eigenvalue weighted by atomic mass is 32.1. The second-order valence-electron chi connectivity index (χ2n) is 5.49. The number of carbonyl (C=O) groups excluding carboxylic acids is 1. The van der Waals surface area contributed by atoms with Crippen LogP contribution >= 0.6 is 11.3 Å². The molecule has 4 rings (SSSR count). The normalized spacial score (nSPS) is 10.7. The molecule has 25 heavy (non-hydrogen) atoms. The van der Waals surface area contributed by atoms with Gasteiger partial charge in [0.15, 0.2) is 0 Å². The number of para-hydroxylation sites is 2. The highest BCUT2D eigenvalue weighted by molar-refractivity contribution is 7.08. The first-order valence-electron chi connectivity index (χ1n) is 7.77. The average Bonchev–Trinajstić information content (AvgIpc) is 3.21. The van der Waals surface area contributed by atoms with Crippen molar-refractivity contribution in [2.24, 2.45) is 0 Å². The van der Waals surface area contributed by atoms with Gasteiger partial charge in [-0.3, -0.25) is 14.8 Å². The summed E-state index contributed by atoms with van der Waals surface area (Å²) < 4.78 is 0. The highest BCUT2D eigenvalue weighted by Gasteiger charge is 2.09. The summed E-state index contributed by atoms with van der Waals surface area (Å²) in [7, 11) is 0. The predicted molar refractivity (Wildman–Crippen MR) is 98.3 cm³/mol. The molecule has 122 valence electrons. The van der Waals surface area contributed by atoms with E-state index in [1.54, 1.807) is 17.5 Å². The van der Waals surface area contributed by atoms with Gasteiger partial charge in [0.1, 0.15) is 5.69 Å². The standard InChI is InChI=1S/C19H14N4OS/c24-19(18-11-21-15-3-1-2-4-16(15)23-18)22-10-13-5-7-20-17(9-13)14-6-8-25-12-14/h1-9,11-12H,10H2,(H,22,24). The van der Waals surface area contributed by atoms with Crippen molar-refractivity contribution in [3.63, 3.8) is 0 Å². The maximum absolute atomic E-state index is 12.3. The fourth-order valence-electron chi connectivity index (χ4n) is 2.49. The number of aromatic nitrogens is 3. The summed E-state index contributed by atoms with van der Waals surface area (Å²) in [4.78, 5) is 25.4. The van der Waals surface area contributed by atoms with Gasteiger partial charge in [0, 0.05) is 23.7 Å². The van der Waals surface area contributed by atoms with Gasteiger partial charge >= 0.3 is 0 Å². The molecule has 1 amide bonds. The van der Waals surface area contributed by atoms with E-state index in [1.807, 2.05) is 47.8 Å². The van der Waals surface area contributed by atoms with E-state index in [2.05, 4.69) is 25.6 Å². The Bertz CT molecular complexity index is 1030. The zero-order valence-corrected chi connectivity index (χ0v) is 14.0. The van der Waals surface area contributed by atoms with Gasteiger partial charge in [-0.25, -0.2) is 4.98 Å². The van der Waals surface area contributed by atoms with Crippen LogP contribution in [0.4, 0.5) is 0 Å². The van der Waals surface area contributed by atoms with Crippen LogP contribution in [0.2, 0.25) is 0 Å². The summed E-state index contributed by atoms with van der Waals surface area (Å²) in [6.07, 6.45) is 3.26. The molecule has 0 spiro atoms. The predicted octanol–water partition coefficient (Wildman–Crippen LogP) is 3.68. The molecule has 0 atom stereocenters. The molecule has 0 fully saturated rings. The van der Waals surface area contributed by atoms with Crippen molar-refractivity contribution in [3.8, 4) is 11.3 Å². The van der Waals surface area contributed by atoms with Crippen LogP contribution in [0, 0.1) is 0 Å². The molecular formula is C19H14N4OS. The fraction of sp³-hybridized carbons (Fsp3) is 0.0526. The van der Waals surface area contributed by atoms with Gasteiger partial charge in [0.2, 0.25) is 0 Å². The largest absolute Gasteiger partial charge is 0.347 e. The molecule has 0 aliphatic rings. The van der Waals surface area contributed by atoms with E-state index >= 15 is 0 Å². The summed E-state index contributed by atoms with van der Waals surface area (Å²) in [6, 6.07) is 13.4. The van der Waals surface area contributed by atoms with Gasteiger partial charge in [-0.15, -0.1) is 0 Å². The third-order valence-corrected chi connectivity index (χ3v) is 4.46. The Balaban J connectivity index is 1.48. The number of hydrogen-bond acceptors (Lipinski definition) is 5. The van der Waals surface area contributed by atoms with Crippen molar-refractivity contribution in [2.75, 3.05) is 0 Å². The summed E-state index contributed by atoms with van der Waals surface area (Å²) in [5.74, 6) is -0.243. The van der Waals surface area contributed by atoms with E-state index in [-0.39, 0.29) is 5.91 Å². The molecule has 0 bridgehead atoms. The SMILES string of the molecule is O=C(NCc1ccnc(-c2ccsc2)c1)c1cnc2ccccc2n1. The lowest BCUT2D eigenvalue weighted by molar-refractivity contribution is 0.0946. The Morgan fingerprint density at radius 2 is 1.96 bits per heavy atom. The van der Waals surface area contributed by atoms with E-state index < -0.39 is 0 Å². The minimum absolute atomic E-state index is 0.243. The minimum atomic E-state index is -0.243. The Morgan fingerprint density at radius 3 is 2.80 bits per heavy atom. The first-order chi connectivity index (χ1) is 12.3. The number of fused-ring (bicyclic) bond motifs is 1. The molecule has 5 nitrogen and oxygen atoms in total. The molecule has 0 saturated carbocycles. The molecular weight excluding hydrogens is 332 g/mol. The van der Waals surface area contributed by atoms with Crippen LogP contribution in [0.25, 0.3) is 22.3 Å². The van der Waals surface area contributed by atoms with Crippen LogP contribution in [-0.4, -0.2) is 20.9 Å². The molecule has 3 heterocycles. The van der Waals surface area contributed by atoms with Gasteiger partial charge in [-0.2, -0.15) is 11.3 Å². The number of amides is 1. The monoisotopic (exact) mass is 346 g/mol. The van der Waals surface area contributed by atoms with Crippen molar-refractivity contribution in [1.82, 2.24) is 20.3 Å². The van der Waals surface area contributed by atoms with E-state index in [0.29, 0.717) is 17.8 Å². The molecule has 1 N–H and O–H groups in total. The molecule has 0 aliphatic carbocycles. The van der Waals surface area contributed by atoms with Gasteiger partial charge in [-0.05, 0) is 41.3 Å². The lowest BCUT2D eigenvalue weighted by Gasteiger charge is -2.06. The maximum Gasteiger partial charge on any atom is 0.271 e. The second kappa shape index (κ2) is 6.78. The second-order valence-corrected chi connectivity index (χ2v) is 6.27. The Kier molecular flexibility index (Phi) is 4.18. The van der Waals surface area contributed by atoms with Crippen LogP contribution in [0.5, 0.6) is 0 Å². The first-order valence-corrected chi connectivity index (χ1v) is 8.71. The van der Waals surface area contributed by atoms with Crippen LogP contribution in [0.3, 0.4) is 0 Å². The summed E-state index contributed by atoms with van der Waals surface area (Å²) in [5.41, 5.74) is 4.76. The van der Waals surface area contributed by atoms with E-state index in [4.69, 9.17) is 0 Å². The first kappa shape index (κ1) is 15.4. The van der Waals surface area contributed by atoms with E-state index in [1.165, 1.54) is 6.20 Å². The number of carbonyl (C=O) groups is 1. The Labute approximate surface area is 148 Å². The van der Waals surface area contributed by atoms with Crippen molar-refractivity contribution in [3.05, 3.63) is 76.9 Å². The summed E-state index contributed by atoms with van der Waals surface area (Å²) >= 11 is 1.63. The van der Waals surface area contributed by atoms with E-state index in [9.17, 15) is 4.79 Å². The zero-order valence-electron chi connectivity index (χ0n) is 13.2. The summed E-state index contributed by atoms with van der Waals surface area (Å²) in [6.45, 7) is 0.410. The van der Waals surface area contributed by atoms with E-state index in [0.717, 1.165) is 22.3 Å². The molecule has 0 unspecified atom stereocenters. The molecule has 0 aliphatic heterocycles. The zero-order chi connectivity index (χ0) is 17.1. The fourth-order valence-corrected chi connectivity index (χ4v) is 3.14. The minimum Gasteiger partial charge on any atom is -0.347 e. The molecule has 3 aromatic heterocycles. The quantitative estimate of drug-likeness (QED) is 0.612. The smallest absolute Gasteiger partial charge is 0.271 e. The van der Waals surface area contributed by atoms with Gasteiger partial charge in [0.25, 0.3) is 5.91 Å². The average molecular weight is 346 g/mol. The number of nitrogens with zero attached hydrogens (tertiary/aromatic N) is 3. The van der Waals surface area contributed by atoms with Gasteiger partial charge in [-0.1, -0.05) is 12.1 Å². The van der Waals surface area contributed by atoms with Crippen molar-refractivity contribution in [2.45, 2.75) is 6.54 Å². The number of thiophene rings is 1. The lowest BCUT2D eigenvalue weighted by atomic mass is 10.1. The highest BCUT2D eigenvalue weighted by Crippen LogP contribution is 2.20. The molecule has 6 heteroatoms. The number of rotatable bonds is 4. The van der Waals surface area contributed by atoms with Crippen molar-refractivity contribution >= 4 is 28.3 Å². The summed E-state index contributed by atoms with van der Waals surface area (Å²) in [5, 5.41) is 6.95. The van der Waals surface area contributed by atoms with Crippen LogP contribution in [0.1, 0.15) is 16.1 Å². The van der Waals surface area contributed by atoms with Crippen LogP contribution < -0.4 is 5.32 Å². The Hall–Kier alpha value is -3.12. The van der Waals surface area contributed by atoms with Crippen molar-refractivity contribution < 1.29 is 4.79 Å². The van der Waals surface area contributed by atoms with Crippen molar-refractivity contribution in [1.29, 1.82) is 0 Å². The molecule has 0 radical (unpaired) electrons. The molecule has 0 saturated heterocycles. The molecule has 1 aromatic carbocycles. The molecule has 4 aromatic rings.